The second-order valence-electron chi connectivity index (χ2n) is 2.51. The lowest BCUT2D eigenvalue weighted by Gasteiger charge is -1.97. The fourth-order valence-corrected chi connectivity index (χ4v) is 1.10. The van der Waals surface area contributed by atoms with Gasteiger partial charge >= 0.3 is 9.39 Å². The van der Waals surface area contributed by atoms with E-state index in [9.17, 15) is 0 Å². The molecule has 0 aliphatic heterocycles. The molecule has 0 radical (unpaired) electrons. The Labute approximate surface area is 108 Å². The molecule has 0 bridgehead atoms. The molecule has 0 N–H and O–H groups in total. The van der Waals surface area contributed by atoms with Crippen LogP contribution in [0, 0.1) is 0 Å². The minimum Gasteiger partial charge on any atom is -0.391 e. The summed E-state index contributed by atoms with van der Waals surface area (Å²) in [5.41, 5.74) is 0. The van der Waals surface area contributed by atoms with E-state index in [1.807, 2.05) is 28.7 Å². The standard InChI is InChI=1S/C6H10ClN2.Al.4ClH/c1-3-9-5-8(2)4-6(9)7;;;;;/h4-5H,3H2,1-2H3;;4*1H/q+1;+3;;;;/p-4. The summed E-state index contributed by atoms with van der Waals surface area (Å²) in [7, 11) is 19.0. The molecule has 8 heteroatoms. The maximum atomic E-state index is 5.79. The van der Waals surface area contributed by atoms with Gasteiger partial charge in [0.15, 0.2) is 0 Å². The molecule has 0 aliphatic rings. The van der Waals surface area contributed by atoms with Crippen LogP contribution >= 0.6 is 51.8 Å². The van der Waals surface area contributed by atoms with Gasteiger partial charge in [-0.25, -0.2) is 9.13 Å². The zero-order valence-electron chi connectivity index (χ0n) is 7.72. The fraction of sp³-hybridized carbons (Fsp3) is 0.500. The SMILES string of the molecule is CCn1c[n+](C)cc1Cl.[Cl][Al-]([Cl])([Cl])[Cl]. The first kappa shape index (κ1) is 15.2. The molecule has 0 unspecified atom stereocenters. The normalized spacial score (nSPS) is 10.8. The maximum absolute atomic E-state index is 5.79. The van der Waals surface area contributed by atoms with Crippen molar-refractivity contribution in [3.63, 3.8) is 0 Å². The summed E-state index contributed by atoms with van der Waals surface area (Å²) in [6.45, 7) is 2.99. The fourth-order valence-electron chi connectivity index (χ4n) is 0.783. The van der Waals surface area contributed by atoms with Gasteiger partial charge in [0.05, 0.1) is 13.6 Å². The van der Waals surface area contributed by atoms with Gasteiger partial charge in [-0.1, -0.05) is 0 Å². The van der Waals surface area contributed by atoms with E-state index in [2.05, 4.69) is 6.92 Å². The largest absolute Gasteiger partial charge is 0.564 e. The van der Waals surface area contributed by atoms with E-state index in [0.29, 0.717) is 0 Å². The van der Waals surface area contributed by atoms with Crippen LogP contribution in [0.3, 0.4) is 0 Å². The molecule has 0 aliphatic carbocycles. The predicted octanol–water partition coefficient (Wildman–Crippen LogP) is 3.36. The first-order valence-electron chi connectivity index (χ1n) is 3.82. The van der Waals surface area contributed by atoms with Crippen LogP contribution in [0.1, 0.15) is 6.92 Å². The van der Waals surface area contributed by atoms with E-state index in [1.165, 1.54) is 0 Å². The Morgan fingerprint density at radius 2 is 1.79 bits per heavy atom. The summed E-state index contributed by atoms with van der Waals surface area (Å²) in [5.74, 6) is 0. The number of aromatic nitrogens is 2. The third kappa shape index (κ3) is 8.50. The predicted molar refractivity (Wildman–Crippen MR) is 65.5 cm³/mol. The molecule has 0 saturated heterocycles. The second-order valence-corrected chi connectivity index (χ2v) is 15.8. The summed E-state index contributed by atoms with van der Waals surface area (Å²) >= 11 is 5.79. The van der Waals surface area contributed by atoms with Crippen molar-refractivity contribution in [2.75, 3.05) is 0 Å². The Morgan fingerprint density at radius 1 is 1.36 bits per heavy atom. The van der Waals surface area contributed by atoms with Crippen molar-refractivity contribution in [2.24, 2.45) is 7.05 Å². The molecule has 2 nitrogen and oxygen atoms in total. The van der Waals surface area contributed by atoms with E-state index >= 15 is 0 Å². The molecule has 1 rings (SSSR count). The van der Waals surface area contributed by atoms with Gasteiger partial charge in [0.25, 0.3) is 0 Å². The number of aryl methyl sites for hydroxylation is 2. The minimum atomic E-state index is -2.94. The molecule has 0 spiro atoms. The highest BCUT2D eigenvalue weighted by Crippen LogP contribution is 2.23. The van der Waals surface area contributed by atoms with Crippen LogP contribution < -0.4 is 4.57 Å². The van der Waals surface area contributed by atoms with Crippen molar-refractivity contribution in [3.05, 3.63) is 17.7 Å². The monoisotopic (exact) mass is 312 g/mol. The van der Waals surface area contributed by atoms with Crippen LogP contribution in [0.4, 0.5) is 0 Å². The topological polar surface area (TPSA) is 8.81 Å². The average Bonchev–Trinajstić information content (AvgIpc) is 2.25. The maximum Gasteiger partial charge on any atom is 0.564 e. The van der Waals surface area contributed by atoms with Crippen molar-refractivity contribution in [1.29, 1.82) is 0 Å². The van der Waals surface area contributed by atoms with E-state index in [4.69, 9.17) is 51.8 Å². The molecule has 0 atom stereocenters. The van der Waals surface area contributed by atoms with Gasteiger partial charge in [0.2, 0.25) is 11.5 Å². The summed E-state index contributed by atoms with van der Waals surface area (Å²) < 4.78 is 3.91. The molecule has 0 saturated carbocycles. The van der Waals surface area contributed by atoms with Gasteiger partial charge in [0.1, 0.15) is 6.20 Å². The average molecular weight is 314 g/mol. The van der Waals surface area contributed by atoms with E-state index in [1.54, 1.807) is 0 Å². The first-order valence-corrected chi connectivity index (χ1v) is 11.2. The highest BCUT2D eigenvalue weighted by Gasteiger charge is 2.14. The molecule has 0 aromatic carbocycles. The Bertz CT molecular complexity index is 276. The van der Waals surface area contributed by atoms with E-state index in [0.717, 1.165) is 11.7 Å². The van der Waals surface area contributed by atoms with Crippen molar-refractivity contribution < 1.29 is 4.57 Å². The molecule has 0 fully saturated rings. The van der Waals surface area contributed by atoms with Gasteiger partial charge in [-0.2, -0.15) is 0 Å². The zero-order valence-corrected chi connectivity index (χ0v) is 12.7. The van der Waals surface area contributed by atoms with Crippen LogP contribution in [0.15, 0.2) is 12.5 Å². The van der Waals surface area contributed by atoms with Crippen LogP contribution in [-0.2, 0) is 13.6 Å². The van der Waals surface area contributed by atoms with Crippen LogP contribution in [0.2, 0.25) is 5.15 Å². The lowest BCUT2D eigenvalue weighted by molar-refractivity contribution is -0.671. The van der Waals surface area contributed by atoms with Gasteiger partial charge in [0, 0.05) is 0 Å². The first-order chi connectivity index (χ1) is 6.24. The third-order valence-electron chi connectivity index (χ3n) is 1.25. The highest BCUT2D eigenvalue weighted by atomic mass is 35.9. The Kier molecular flexibility index (Phi) is 7.28. The smallest absolute Gasteiger partial charge is 0.391 e. The van der Waals surface area contributed by atoms with Crippen LogP contribution in [0.25, 0.3) is 0 Å². The molecule has 14 heavy (non-hydrogen) atoms. The van der Waals surface area contributed by atoms with Crippen LogP contribution in [0.5, 0.6) is 0 Å². The van der Waals surface area contributed by atoms with E-state index in [-0.39, 0.29) is 0 Å². The molecule has 1 aromatic heterocycles. The number of nitrogens with zero attached hydrogens (tertiary/aromatic N) is 2. The van der Waals surface area contributed by atoms with Gasteiger partial charge in [-0.3, -0.25) is 0 Å². The van der Waals surface area contributed by atoms with E-state index < -0.39 is 9.39 Å². The van der Waals surface area contributed by atoms with Gasteiger partial charge in [-0.05, 0) is 18.5 Å². The Balaban J connectivity index is 0.000000292. The molecular weight excluding hydrogens is 304 g/mol. The summed E-state index contributed by atoms with van der Waals surface area (Å²) in [5, 5.41) is 0.792. The highest BCUT2D eigenvalue weighted by molar-refractivity contribution is 7.81. The zero-order chi connectivity index (χ0) is 11.4. The number of hydrogen-bond acceptors (Lipinski definition) is 0. The van der Waals surface area contributed by atoms with Crippen LogP contribution in [-0.4, -0.2) is 14.0 Å². The van der Waals surface area contributed by atoms with Crippen molar-refractivity contribution in [1.82, 2.24) is 4.57 Å². The Morgan fingerprint density at radius 3 is 1.93 bits per heavy atom. The third-order valence-corrected chi connectivity index (χ3v) is 1.56. The molecule has 1 heterocycles. The number of halogens is 5. The minimum absolute atomic E-state index is 0.792. The Hall–Kier alpha value is 1.19. The number of rotatable bonds is 1. The lowest BCUT2D eigenvalue weighted by atomic mass is 10.7. The number of hydrogen-bond donors (Lipinski definition) is 0. The van der Waals surface area contributed by atoms with Gasteiger partial charge < -0.3 is 40.2 Å². The van der Waals surface area contributed by atoms with Crippen molar-refractivity contribution >= 4 is 61.2 Å². The molecular formula is C6H10AlCl5N2. The summed E-state index contributed by atoms with van der Waals surface area (Å²) in [4.78, 5) is 0. The molecule has 82 valence electrons. The van der Waals surface area contributed by atoms with Crippen molar-refractivity contribution in [2.45, 2.75) is 13.5 Å². The quantitative estimate of drug-likeness (QED) is 0.555. The summed E-state index contributed by atoms with van der Waals surface area (Å²) in [6.07, 6.45) is 3.84. The second kappa shape index (κ2) is 6.71. The van der Waals surface area contributed by atoms with Gasteiger partial charge in [-0.15, -0.1) is 0 Å². The molecule has 1 aromatic rings. The van der Waals surface area contributed by atoms with Crippen molar-refractivity contribution in [3.8, 4) is 0 Å². The lowest BCUT2D eigenvalue weighted by Crippen LogP contribution is -2.23. The molecule has 0 amide bonds. The number of imidazole rings is 1. The summed E-state index contributed by atoms with van der Waals surface area (Å²) in [6, 6.07) is 0.